The molecule has 0 saturated carbocycles. The van der Waals surface area contributed by atoms with E-state index < -0.39 is 17.6 Å². The Morgan fingerprint density at radius 1 is 1.29 bits per heavy atom. The van der Waals surface area contributed by atoms with E-state index in [9.17, 15) is 17.6 Å². The lowest BCUT2D eigenvalue weighted by atomic mass is 10.1. The van der Waals surface area contributed by atoms with Crippen molar-refractivity contribution in [3.63, 3.8) is 0 Å². The summed E-state index contributed by atoms with van der Waals surface area (Å²) in [5.41, 5.74) is -0.761. The maximum atomic E-state index is 13.6. The smallest absolute Gasteiger partial charge is 0.367 e. The van der Waals surface area contributed by atoms with Crippen LogP contribution in [0.1, 0.15) is 5.56 Å². The van der Waals surface area contributed by atoms with Gasteiger partial charge in [-0.25, -0.2) is 4.39 Å². The van der Waals surface area contributed by atoms with Gasteiger partial charge < -0.3 is 10.2 Å². The monoisotopic (exact) mass is 248 g/mol. The van der Waals surface area contributed by atoms with E-state index in [-0.39, 0.29) is 11.7 Å². The number of rotatable bonds is 2. The average molecular weight is 248 g/mol. The molecule has 0 amide bonds. The van der Waals surface area contributed by atoms with Gasteiger partial charge in [0, 0.05) is 20.1 Å². The van der Waals surface area contributed by atoms with E-state index in [1.165, 1.54) is 6.07 Å². The van der Waals surface area contributed by atoms with E-state index in [1.807, 2.05) is 0 Å². The fraction of sp³-hybridized carbons (Fsp3) is 0.455. The lowest BCUT2D eigenvalue weighted by Crippen LogP contribution is -2.56. The van der Waals surface area contributed by atoms with Gasteiger partial charge in [-0.3, -0.25) is 0 Å². The Hall–Kier alpha value is -1.30. The Bertz CT molecular complexity index is 412. The van der Waals surface area contributed by atoms with Crippen molar-refractivity contribution in [3.05, 3.63) is 29.6 Å². The normalized spacial score (nSPS) is 16.8. The van der Waals surface area contributed by atoms with Crippen LogP contribution in [0.15, 0.2) is 18.2 Å². The third kappa shape index (κ3) is 2.36. The number of hydrogen-bond acceptors (Lipinski definition) is 2. The lowest BCUT2D eigenvalue weighted by Gasteiger charge is -2.37. The van der Waals surface area contributed by atoms with Crippen LogP contribution in [-0.4, -0.2) is 26.2 Å². The van der Waals surface area contributed by atoms with Gasteiger partial charge in [0.15, 0.2) is 0 Å². The first-order valence-electron chi connectivity index (χ1n) is 5.20. The molecule has 94 valence electrons. The Kier molecular flexibility index (Phi) is 2.99. The number of nitrogens with zero attached hydrogens (tertiary/aromatic N) is 1. The summed E-state index contributed by atoms with van der Waals surface area (Å²) in [4.78, 5) is 1.66. The maximum absolute atomic E-state index is 13.6. The van der Waals surface area contributed by atoms with Crippen molar-refractivity contribution in [3.8, 4) is 0 Å². The quantitative estimate of drug-likeness (QED) is 0.807. The number of anilines is 1. The van der Waals surface area contributed by atoms with Crippen LogP contribution >= 0.6 is 0 Å². The molecular formula is C11H12F4N2. The van der Waals surface area contributed by atoms with Gasteiger partial charge in [-0.05, 0) is 18.2 Å². The molecule has 1 aliphatic heterocycles. The highest BCUT2D eigenvalue weighted by Crippen LogP contribution is 2.32. The van der Waals surface area contributed by atoms with Gasteiger partial charge in [0.1, 0.15) is 5.82 Å². The summed E-state index contributed by atoms with van der Waals surface area (Å²) >= 11 is 0. The first-order valence-corrected chi connectivity index (χ1v) is 5.20. The molecule has 0 aromatic heterocycles. The number of benzene rings is 1. The molecule has 1 aromatic rings. The maximum Gasteiger partial charge on any atom is 0.416 e. The first-order chi connectivity index (χ1) is 7.89. The molecule has 0 spiro atoms. The van der Waals surface area contributed by atoms with Gasteiger partial charge in [-0.1, -0.05) is 0 Å². The zero-order valence-corrected chi connectivity index (χ0v) is 9.18. The minimum atomic E-state index is -4.50. The van der Waals surface area contributed by atoms with E-state index in [0.29, 0.717) is 6.07 Å². The van der Waals surface area contributed by atoms with Gasteiger partial charge in [0.25, 0.3) is 0 Å². The summed E-state index contributed by atoms with van der Waals surface area (Å²) in [6.45, 7) is 1.44. The second-order valence-corrected chi connectivity index (χ2v) is 4.09. The van der Waals surface area contributed by atoms with E-state index in [2.05, 4.69) is 5.32 Å². The molecule has 0 radical (unpaired) electrons. The molecule has 2 nitrogen and oxygen atoms in total. The van der Waals surface area contributed by atoms with Crippen LogP contribution < -0.4 is 10.2 Å². The van der Waals surface area contributed by atoms with Crippen molar-refractivity contribution in [2.24, 2.45) is 0 Å². The van der Waals surface area contributed by atoms with E-state index in [4.69, 9.17) is 0 Å². The number of likely N-dealkylation sites (N-methyl/N-ethyl adjacent to an activating group) is 1. The first kappa shape index (κ1) is 12.2. The largest absolute Gasteiger partial charge is 0.416 e. The van der Waals surface area contributed by atoms with Crippen LogP contribution in [0.3, 0.4) is 0 Å². The van der Waals surface area contributed by atoms with Crippen LogP contribution in [0, 0.1) is 5.82 Å². The molecule has 1 N–H and O–H groups in total. The zero-order chi connectivity index (χ0) is 12.6. The van der Waals surface area contributed by atoms with Gasteiger partial charge in [-0.15, -0.1) is 0 Å². The highest BCUT2D eigenvalue weighted by molar-refractivity contribution is 5.50. The molecule has 0 atom stereocenters. The minimum Gasteiger partial charge on any atom is -0.367 e. The second kappa shape index (κ2) is 4.18. The third-order valence-electron chi connectivity index (χ3n) is 2.96. The lowest BCUT2D eigenvalue weighted by molar-refractivity contribution is -0.137. The number of nitrogens with one attached hydrogen (secondary N) is 1. The van der Waals surface area contributed by atoms with E-state index >= 15 is 0 Å². The second-order valence-electron chi connectivity index (χ2n) is 4.09. The fourth-order valence-electron chi connectivity index (χ4n) is 1.71. The SMILES string of the molecule is CN(c1ccc(C(F)(F)F)cc1F)C1CNC1. The van der Waals surface area contributed by atoms with Crippen LogP contribution in [0.25, 0.3) is 0 Å². The van der Waals surface area contributed by atoms with Crippen LogP contribution in [0.2, 0.25) is 0 Å². The molecule has 0 aliphatic carbocycles. The molecule has 1 aromatic carbocycles. The number of halogens is 4. The highest BCUT2D eigenvalue weighted by Gasteiger charge is 2.32. The molecule has 0 bridgehead atoms. The zero-order valence-electron chi connectivity index (χ0n) is 9.18. The topological polar surface area (TPSA) is 15.3 Å². The van der Waals surface area contributed by atoms with Gasteiger partial charge >= 0.3 is 6.18 Å². The Labute approximate surface area is 96.2 Å². The Morgan fingerprint density at radius 3 is 2.35 bits per heavy atom. The van der Waals surface area contributed by atoms with Crippen LogP contribution in [-0.2, 0) is 6.18 Å². The van der Waals surface area contributed by atoms with Gasteiger partial charge in [0.05, 0.1) is 17.3 Å². The standard InChI is InChI=1S/C11H12F4N2/c1-17(8-5-16-6-8)10-3-2-7(4-9(10)12)11(13,14)15/h2-4,8,16H,5-6H2,1H3. The molecule has 6 heteroatoms. The van der Waals surface area contributed by atoms with Crippen LogP contribution in [0.5, 0.6) is 0 Å². The van der Waals surface area contributed by atoms with Crippen molar-refractivity contribution < 1.29 is 17.6 Å². The van der Waals surface area contributed by atoms with Gasteiger partial charge in [-0.2, -0.15) is 13.2 Å². The summed E-state index contributed by atoms with van der Waals surface area (Å²) in [6.07, 6.45) is -4.50. The Morgan fingerprint density at radius 2 is 1.94 bits per heavy atom. The molecule has 1 heterocycles. The van der Waals surface area contributed by atoms with E-state index in [0.717, 1.165) is 19.2 Å². The van der Waals surface area contributed by atoms with Crippen molar-refractivity contribution in [1.29, 1.82) is 0 Å². The summed E-state index contributed by atoms with van der Waals surface area (Å²) < 4.78 is 50.6. The molecule has 2 rings (SSSR count). The Balaban J connectivity index is 2.25. The summed E-state index contributed by atoms with van der Waals surface area (Å²) in [6, 6.07) is 2.76. The van der Waals surface area contributed by atoms with E-state index in [1.54, 1.807) is 11.9 Å². The summed E-state index contributed by atoms with van der Waals surface area (Å²) in [5, 5.41) is 3.02. The highest BCUT2D eigenvalue weighted by atomic mass is 19.4. The van der Waals surface area contributed by atoms with Crippen molar-refractivity contribution in [2.45, 2.75) is 12.2 Å². The van der Waals surface area contributed by atoms with Crippen LogP contribution in [0.4, 0.5) is 23.2 Å². The van der Waals surface area contributed by atoms with Crippen molar-refractivity contribution in [1.82, 2.24) is 5.32 Å². The number of alkyl halides is 3. The van der Waals surface area contributed by atoms with Gasteiger partial charge in [0.2, 0.25) is 0 Å². The summed E-state index contributed by atoms with van der Waals surface area (Å²) in [7, 11) is 1.68. The molecule has 1 saturated heterocycles. The molecule has 0 unspecified atom stereocenters. The predicted molar refractivity (Wildman–Crippen MR) is 56.5 cm³/mol. The fourth-order valence-corrected chi connectivity index (χ4v) is 1.71. The molecule has 1 aliphatic rings. The molecular weight excluding hydrogens is 236 g/mol. The predicted octanol–water partition coefficient (Wildman–Crippen LogP) is 2.25. The van der Waals surface area contributed by atoms with Crippen molar-refractivity contribution >= 4 is 5.69 Å². The molecule has 1 fully saturated rings. The van der Waals surface area contributed by atoms with Crippen molar-refractivity contribution in [2.75, 3.05) is 25.0 Å². The minimum absolute atomic E-state index is 0.140. The number of hydrogen-bond donors (Lipinski definition) is 1. The third-order valence-corrected chi connectivity index (χ3v) is 2.96. The molecule has 17 heavy (non-hydrogen) atoms. The summed E-state index contributed by atoms with van der Waals surface area (Å²) in [5.74, 6) is -0.839. The average Bonchev–Trinajstić information content (AvgIpc) is 2.12.